The molecule has 3 aromatic heterocycles. The summed E-state index contributed by atoms with van der Waals surface area (Å²) in [6.07, 6.45) is 3.30. The van der Waals surface area contributed by atoms with Crippen LogP contribution in [0.25, 0.3) is 16.6 Å². The van der Waals surface area contributed by atoms with Crippen LogP contribution in [0.15, 0.2) is 83.9 Å². The minimum absolute atomic E-state index is 0.0515. The quantitative estimate of drug-likeness (QED) is 0.124. The Bertz CT molecular complexity index is 2110. The molecule has 0 aliphatic rings. The van der Waals surface area contributed by atoms with Gasteiger partial charge in [0.15, 0.2) is 0 Å². The topological polar surface area (TPSA) is 238 Å². The van der Waals surface area contributed by atoms with Gasteiger partial charge in [0.25, 0.3) is 11.5 Å². The SMILES string of the molecule is COc1ccc2c(Oc3ccc(NC(=O)c4c(C)n(C[C@@H](C)CC(N)C(=O)O)n(-c5ccccc5)c4=O)nc3)ccnc2c1.O=S(=O)(O)O. The fourth-order valence-electron chi connectivity index (χ4n) is 5.00. The van der Waals surface area contributed by atoms with Crippen molar-refractivity contribution in [3.8, 4) is 22.9 Å². The van der Waals surface area contributed by atoms with Gasteiger partial charge < -0.3 is 25.6 Å². The van der Waals surface area contributed by atoms with Crippen molar-refractivity contribution < 1.29 is 41.7 Å². The lowest BCUT2D eigenvalue weighted by atomic mass is 10.0. The molecule has 49 heavy (non-hydrogen) atoms. The summed E-state index contributed by atoms with van der Waals surface area (Å²) in [5.74, 6) is 0.00152. The lowest BCUT2D eigenvalue weighted by Crippen LogP contribution is -2.33. The number of amides is 1. The number of carbonyl (C=O) groups is 2. The largest absolute Gasteiger partial charge is 0.497 e. The van der Waals surface area contributed by atoms with E-state index in [-0.39, 0.29) is 30.3 Å². The Morgan fingerprint density at radius 2 is 1.69 bits per heavy atom. The molecule has 1 amide bonds. The number of benzene rings is 2. The molecule has 0 fully saturated rings. The van der Waals surface area contributed by atoms with Gasteiger partial charge in [-0.15, -0.1) is 0 Å². The second kappa shape index (κ2) is 15.5. The Morgan fingerprint density at radius 1 is 1.02 bits per heavy atom. The summed E-state index contributed by atoms with van der Waals surface area (Å²) in [5.41, 5.74) is 6.89. The molecule has 6 N–H and O–H groups in total. The summed E-state index contributed by atoms with van der Waals surface area (Å²) in [4.78, 5) is 47.1. The molecular weight excluding hydrogens is 660 g/mol. The molecule has 0 aliphatic carbocycles. The number of pyridine rings is 2. The predicted molar refractivity (Wildman–Crippen MR) is 179 cm³/mol. The van der Waals surface area contributed by atoms with Crippen LogP contribution in [0.4, 0.5) is 5.82 Å². The molecule has 2 aromatic carbocycles. The monoisotopic (exact) mass is 694 g/mol. The van der Waals surface area contributed by atoms with Crippen LogP contribution in [0.3, 0.4) is 0 Å². The molecule has 0 aliphatic heterocycles. The summed E-state index contributed by atoms with van der Waals surface area (Å²) in [7, 11) is -3.08. The first kappa shape index (κ1) is 36.2. The van der Waals surface area contributed by atoms with E-state index in [1.807, 2.05) is 31.2 Å². The van der Waals surface area contributed by atoms with Gasteiger partial charge in [0.2, 0.25) is 0 Å². The van der Waals surface area contributed by atoms with Crippen LogP contribution in [-0.4, -0.2) is 67.0 Å². The van der Waals surface area contributed by atoms with Crippen molar-refractivity contribution in [1.82, 2.24) is 19.3 Å². The van der Waals surface area contributed by atoms with E-state index >= 15 is 0 Å². The standard InChI is InChI=1S/C32H32N6O6.H2O4S/c1-19(15-25(33)32(41)42)18-37-20(2)29(31(40)38(37)21-7-5-4-6-8-21)30(39)36-28-12-10-23(17-35-28)44-27-13-14-34-26-16-22(43-3)9-11-24(26)27;1-5(2,3)4/h4-14,16-17,19,25H,15,18,33H2,1-3H3,(H,41,42)(H,35,36,39);(H2,1,2,3,4)/t19-,25?;/m0./s1. The van der Waals surface area contributed by atoms with Crippen LogP contribution in [-0.2, 0) is 21.7 Å². The average molecular weight is 695 g/mol. The fraction of sp³-hybridized carbons (Fsp3) is 0.219. The minimum Gasteiger partial charge on any atom is -0.497 e. The van der Waals surface area contributed by atoms with Crippen LogP contribution in [0.1, 0.15) is 29.4 Å². The molecule has 0 spiro atoms. The molecule has 0 saturated carbocycles. The Labute approximate surface area is 280 Å². The number of anilines is 1. The lowest BCUT2D eigenvalue weighted by Gasteiger charge is -2.19. The van der Waals surface area contributed by atoms with Crippen LogP contribution in [0.2, 0.25) is 0 Å². The Kier molecular flexibility index (Phi) is 11.5. The average Bonchev–Trinajstić information content (AvgIpc) is 3.29. The van der Waals surface area contributed by atoms with Gasteiger partial charge in [0.05, 0.1) is 30.2 Å². The van der Waals surface area contributed by atoms with E-state index in [4.69, 9.17) is 32.7 Å². The number of rotatable bonds is 11. The van der Waals surface area contributed by atoms with Crippen molar-refractivity contribution in [1.29, 1.82) is 0 Å². The van der Waals surface area contributed by atoms with Gasteiger partial charge in [0.1, 0.15) is 34.7 Å². The molecule has 17 heteroatoms. The van der Waals surface area contributed by atoms with E-state index in [0.29, 0.717) is 34.1 Å². The molecule has 0 radical (unpaired) electrons. The van der Waals surface area contributed by atoms with Crippen LogP contribution >= 0.6 is 0 Å². The fourth-order valence-corrected chi connectivity index (χ4v) is 5.00. The van der Waals surface area contributed by atoms with Crippen LogP contribution in [0.5, 0.6) is 17.2 Å². The Morgan fingerprint density at radius 3 is 2.31 bits per heavy atom. The number of aliphatic carboxylic acids is 1. The maximum absolute atomic E-state index is 13.7. The zero-order valence-corrected chi connectivity index (χ0v) is 27.4. The van der Waals surface area contributed by atoms with Gasteiger partial charge in [-0.3, -0.25) is 33.2 Å². The molecule has 5 aromatic rings. The number of aromatic nitrogens is 4. The number of carbonyl (C=O) groups excluding carboxylic acids is 1. The highest BCUT2D eigenvalue weighted by molar-refractivity contribution is 7.79. The second-order valence-electron chi connectivity index (χ2n) is 10.9. The summed E-state index contributed by atoms with van der Waals surface area (Å²) in [6, 6.07) is 18.3. The third-order valence-electron chi connectivity index (χ3n) is 7.20. The molecule has 5 rings (SSSR count). The number of nitrogens with two attached hydrogens (primary N) is 1. The van der Waals surface area contributed by atoms with Gasteiger partial charge in [0, 0.05) is 24.2 Å². The van der Waals surface area contributed by atoms with E-state index in [1.165, 1.54) is 10.9 Å². The van der Waals surface area contributed by atoms with E-state index in [2.05, 4.69) is 15.3 Å². The first-order chi connectivity index (χ1) is 23.2. The maximum atomic E-state index is 13.7. The third kappa shape index (κ3) is 9.48. The molecule has 2 atom stereocenters. The highest BCUT2D eigenvalue weighted by atomic mass is 32.3. The first-order valence-corrected chi connectivity index (χ1v) is 16.0. The predicted octanol–water partition coefficient (Wildman–Crippen LogP) is 3.73. The smallest absolute Gasteiger partial charge is 0.394 e. The van der Waals surface area contributed by atoms with Crippen molar-refractivity contribution in [2.45, 2.75) is 32.9 Å². The summed E-state index contributed by atoms with van der Waals surface area (Å²) >= 11 is 0. The summed E-state index contributed by atoms with van der Waals surface area (Å²) in [5, 5.41) is 12.7. The van der Waals surface area contributed by atoms with Crippen molar-refractivity contribution in [3.05, 3.63) is 101 Å². The van der Waals surface area contributed by atoms with Gasteiger partial charge in [-0.2, -0.15) is 8.42 Å². The molecule has 3 heterocycles. The number of para-hydroxylation sites is 1. The zero-order valence-electron chi connectivity index (χ0n) is 26.5. The number of methoxy groups -OCH3 is 1. The summed E-state index contributed by atoms with van der Waals surface area (Å²) < 4.78 is 46.0. The lowest BCUT2D eigenvalue weighted by molar-refractivity contribution is -0.139. The second-order valence-corrected chi connectivity index (χ2v) is 11.8. The maximum Gasteiger partial charge on any atom is 0.394 e. The number of nitrogens with zero attached hydrogens (tertiary/aromatic N) is 4. The van der Waals surface area contributed by atoms with Gasteiger partial charge in [-0.1, -0.05) is 25.1 Å². The molecule has 0 bridgehead atoms. The zero-order chi connectivity index (χ0) is 35.9. The van der Waals surface area contributed by atoms with Crippen molar-refractivity contribution in [3.63, 3.8) is 0 Å². The number of nitrogens with one attached hydrogen (secondary N) is 1. The molecular formula is C32H34N6O10S. The third-order valence-corrected chi connectivity index (χ3v) is 7.20. The van der Waals surface area contributed by atoms with E-state index in [0.717, 1.165) is 5.39 Å². The van der Waals surface area contributed by atoms with Gasteiger partial charge in [-0.05, 0) is 61.7 Å². The van der Waals surface area contributed by atoms with Gasteiger partial charge >= 0.3 is 16.4 Å². The molecule has 16 nitrogen and oxygen atoms in total. The van der Waals surface area contributed by atoms with Crippen LogP contribution in [0, 0.1) is 12.8 Å². The number of hydrogen-bond donors (Lipinski definition) is 5. The normalized spacial score (nSPS) is 12.4. The van der Waals surface area contributed by atoms with Crippen molar-refractivity contribution in [2.24, 2.45) is 11.7 Å². The number of hydrogen-bond acceptors (Lipinski definition) is 10. The molecule has 258 valence electrons. The minimum atomic E-state index is -4.67. The first-order valence-electron chi connectivity index (χ1n) is 14.6. The van der Waals surface area contributed by atoms with Crippen molar-refractivity contribution in [2.75, 3.05) is 12.4 Å². The number of ether oxygens (including phenoxy) is 2. The highest BCUT2D eigenvalue weighted by Gasteiger charge is 2.26. The van der Waals surface area contributed by atoms with Crippen LogP contribution < -0.4 is 26.1 Å². The van der Waals surface area contributed by atoms with E-state index in [9.17, 15) is 19.5 Å². The molecule has 0 saturated heterocycles. The van der Waals surface area contributed by atoms with Gasteiger partial charge in [-0.25, -0.2) is 9.67 Å². The molecule has 1 unspecified atom stereocenters. The summed E-state index contributed by atoms with van der Waals surface area (Å²) in [6.45, 7) is 3.80. The number of carboxylic acids is 1. The Hall–Kier alpha value is -5.62. The van der Waals surface area contributed by atoms with Crippen molar-refractivity contribution >= 4 is 39.0 Å². The van der Waals surface area contributed by atoms with E-state index < -0.39 is 33.9 Å². The number of carboxylic acid groups (broad SMARTS) is 1. The number of fused-ring (bicyclic) bond motifs is 1. The highest BCUT2D eigenvalue weighted by Crippen LogP contribution is 2.31. The Balaban J connectivity index is 0.00000101. The van der Waals surface area contributed by atoms with E-state index in [1.54, 1.807) is 67.4 Å².